The summed E-state index contributed by atoms with van der Waals surface area (Å²) in [6, 6.07) is 8.19. The molecular weight excluding hydrogens is 274 g/mol. The molecule has 1 aromatic heterocycles. The summed E-state index contributed by atoms with van der Waals surface area (Å²) in [5.74, 6) is 2.08. The van der Waals surface area contributed by atoms with Gasteiger partial charge in [-0.05, 0) is 39.3 Å². The Kier molecular flexibility index (Phi) is 5.69. The molecule has 5 nitrogen and oxygen atoms in total. The van der Waals surface area contributed by atoms with Crippen molar-refractivity contribution in [2.75, 3.05) is 23.3 Å². The zero-order valence-electron chi connectivity index (χ0n) is 13.9. The summed E-state index contributed by atoms with van der Waals surface area (Å²) < 4.78 is 0. The van der Waals surface area contributed by atoms with Gasteiger partial charge in [-0.3, -0.25) is 0 Å². The van der Waals surface area contributed by atoms with Crippen LogP contribution < -0.4 is 10.2 Å². The summed E-state index contributed by atoms with van der Waals surface area (Å²) in [7, 11) is 0. The second-order valence-corrected chi connectivity index (χ2v) is 5.43. The number of rotatable bonds is 7. The lowest BCUT2D eigenvalue weighted by atomic mass is 10.2. The highest BCUT2D eigenvalue weighted by molar-refractivity contribution is 5.54. The van der Waals surface area contributed by atoms with Gasteiger partial charge in [-0.25, -0.2) is 0 Å². The highest BCUT2D eigenvalue weighted by atomic mass is 15.3. The zero-order chi connectivity index (χ0) is 15.9. The zero-order valence-corrected chi connectivity index (χ0v) is 13.9. The van der Waals surface area contributed by atoms with E-state index in [4.69, 9.17) is 0 Å². The van der Waals surface area contributed by atoms with Gasteiger partial charge in [0.25, 0.3) is 0 Å². The van der Waals surface area contributed by atoms with Gasteiger partial charge in [0.2, 0.25) is 11.9 Å². The van der Waals surface area contributed by atoms with E-state index in [0.29, 0.717) is 5.95 Å². The predicted molar refractivity (Wildman–Crippen MR) is 91.8 cm³/mol. The van der Waals surface area contributed by atoms with Crippen molar-refractivity contribution in [1.82, 2.24) is 15.0 Å². The molecule has 1 aromatic carbocycles. The molecule has 0 saturated carbocycles. The van der Waals surface area contributed by atoms with E-state index < -0.39 is 0 Å². The van der Waals surface area contributed by atoms with Crippen LogP contribution in [0, 0.1) is 13.8 Å². The van der Waals surface area contributed by atoms with Crippen LogP contribution in [0.3, 0.4) is 0 Å². The Balaban J connectivity index is 2.20. The van der Waals surface area contributed by atoms with Gasteiger partial charge in [0.15, 0.2) is 0 Å². The summed E-state index contributed by atoms with van der Waals surface area (Å²) in [6.45, 7) is 10.2. The van der Waals surface area contributed by atoms with Gasteiger partial charge in [-0.15, -0.1) is 0 Å². The van der Waals surface area contributed by atoms with Crippen molar-refractivity contribution in [2.45, 2.75) is 40.5 Å². The Morgan fingerprint density at radius 1 is 1.00 bits per heavy atom. The highest BCUT2D eigenvalue weighted by Gasteiger charge is 2.10. The first-order valence-electron chi connectivity index (χ1n) is 7.93. The fourth-order valence-electron chi connectivity index (χ4n) is 2.18. The van der Waals surface area contributed by atoms with E-state index in [1.54, 1.807) is 0 Å². The molecule has 0 spiro atoms. The third-order valence-corrected chi connectivity index (χ3v) is 3.49. The van der Waals surface area contributed by atoms with Gasteiger partial charge in [0.05, 0.1) is 0 Å². The van der Waals surface area contributed by atoms with E-state index in [0.717, 1.165) is 43.4 Å². The number of nitrogens with one attached hydrogen (secondary N) is 1. The van der Waals surface area contributed by atoms with Crippen molar-refractivity contribution in [1.29, 1.82) is 0 Å². The molecule has 0 radical (unpaired) electrons. The Bertz CT molecular complexity index is 594. The molecule has 22 heavy (non-hydrogen) atoms. The van der Waals surface area contributed by atoms with Crippen molar-refractivity contribution >= 4 is 17.6 Å². The Hall–Kier alpha value is -2.17. The second kappa shape index (κ2) is 7.73. The van der Waals surface area contributed by atoms with Crippen LogP contribution in [0.1, 0.15) is 38.1 Å². The van der Waals surface area contributed by atoms with E-state index in [9.17, 15) is 0 Å². The molecule has 0 aliphatic heterocycles. The van der Waals surface area contributed by atoms with Crippen LogP contribution in [-0.4, -0.2) is 28.0 Å². The van der Waals surface area contributed by atoms with Crippen LogP contribution in [0.2, 0.25) is 0 Å². The number of benzene rings is 1. The predicted octanol–water partition coefficient (Wildman–Crippen LogP) is 3.86. The summed E-state index contributed by atoms with van der Waals surface area (Å²) >= 11 is 0. The van der Waals surface area contributed by atoms with E-state index in [2.05, 4.69) is 58.1 Å². The molecule has 5 heteroatoms. The average Bonchev–Trinajstić information content (AvgIpc) is 2.50. The molecule has 2 rings (SSSR count). The molecule has 0 aliphatic carbocycles. The molecule has 0 atom stereocenters. The van der Waals surface area contributed by atoms with Gasteiger partial charge in [0.1, 0.15) is 5.82 Å². The van der Waals surface area contributed by atoms with Gasteiger partial charge in [0, 0.05) is 18.8 Å². The second-order valence-electron chi connectivity index (χ2n) is 5.43. The lowest BCUT2D eigenvalue weighted by Gasteiger charge is -2.21. The minimum absolute atomic E-state index is 0.598. The van der Waals surface area contributed by atoms with Gasteiger partial charge in [-0.1, -0.05) is 31.0 Å². The first-order chi connectivity index (χ1) is 10.6. The largest absolute Gasteiger partial charge is 0.341 e. The fourth-order valence-corrected chi connectivity index (χ4v) is 2.18. The van der Waals surface area contributed by atoms with Gasteiger partial charge < -0.3 is 10.2 Å². The maximum Gasteiger partial charge on any atom is 0.232 e. The van der Waals surface area contributed by atoms with E-state index in [-0.39, 0.29) is 0 Å². The molecule has 0 aliphatic rings. The van der Waals surface area contributed by atoms with Crippen molar-refractivity contribution in [3.63, 3.8) is 0 Å². The van der Waals surface area contributed by atoms with Crippen molar-refractivity contribution < 1.29 is 0 Å². The normalized spacial score (nSPS) is 10.5. The molecule has 0 saturated heterocycles. The first kappa shape index (κ1) is 16.2. The molecular formula is C17H25N5. The summed E-state index contributed by atoms with van der Waals surface area (Å²) in [5.41, 5.74) is 2.22. The van der Waals surface area contributed by atoms with Gasteiger partial charge >= 0.3 is 0 Å². The number of anilines is 3. The van der Waals surface area contributed by atoms with Crippen molar-refractivity contribution in [2.24, 2.45) is 0 Å². The summed E-state index contributed by atoms with van der Waals surface area (Å²) in [5, 5.41) is 3.26. The standard InChI is InChI=1S/C17H25N5/c1-5-7-12-22(6-2)17-19-14(4)18-16(21-17)20-15-10-8-13(3)9-11-15/h8-11H,5-7,12H2,1-4H3,(H,18,19,20,21). The number of nitrogens with zero attached hydrogens (tertiary/aromatic N) is 4. The van der Waals surface area contributed by atoms with Crippen molar-refractivity contribution in [3.8, 4) is 0 Å². The Morgan fingerprint density at radius 2 is 1.73 bits per heavy atom. The number of hydrogen-bond donors (Lipinski definition) is 1. The number of aromatic nitrogens is 3. The van der Waals surface area contributed by atoms with Crippen LogP contribution in [0.5, 0.6) is 0 Å². The molecule has 0 amide bonds. The van der Waals surface area contributed by atoms with Crippen LogP contribution in [0.25, 0.3) is 0 Å². The van der Waals surface area contributed by atoms with Crippen LogP contribution >= 0.6 is 0 Å². The third-order valence-electron chi connectivity index (χ3n) is 3.49. The Labute approximate surface area is 132 Å². The molecule has 0 unspecified atom stereocenters. The molecule has 2 aromatic rings. The van der Waals surface area contributed by atoms with Crippen LogP contribution in [-0.2, 0) is 0 Å². The highest BCUT2D eigenvalue weighted by Crippen LogP contribution is 2.16. The lowest BCUT2D eigenvalue weighted by molar-refractivity contribution is 0.709. The average molecular weight is 299 g/mol. The maximum atomic E-state index is 4.57. The fraction of sp³-hybridized carbons (Fsp3) is 0.471. The lowest BCUT2D eigenvalue weighted by Crippen LogP contribution is -2.26. The molecule has 1 heterocycles. The van der Waals surface area contributed by atoms with E-state index >= 15 is 0 Å². The smallest absolute Gasteiger partial charge is 0.232 e. The number of hydrogen-bond acceptors (Lipinski definition) is 5. The van der Waals surface area contributed by atoms with Crippen molar-refractivity contribution in [3.05, 3.63) is 35.7 Å². The van der Waals surface area contributed by atoms with Gasteiger partial charge in [-0.2, -0.15) is 15.0 Å². The molecule has 0 bridgehead atoms. The summed E-state index contributed by atoms with van der Waals surface area (Å²) in [6.07, 6.45) is 2.30. The molecule has 1 N–H and O–H groups in total. The first-order valence-corrected chi connectivity index (χ1v) is 7.93. The maximum absolute atomic E-state index is 4.57. The van der Waals surface area contributed by atoms with E-state index in [1.807, 2.05) is 19.1 Å². The number of aryl methyl sites for hydroxylation is 2. The monoisotopic (exact) mass is 299 g/mol. The SMILES string of the molecule is CCCCN(CC)c1nc(C)nc(Nc2ccc(C)cc2)n1. The molecule has 118 valence electrons. The topological polar surface area (TPSA) is 53.9 Å². The minimum Gasteiger partial charge on any atom is -0.341 e. The van der Waals surface area contributed by atoms with Crippen LogP contribution in [0.4, 0.5) is 17.6 Å². The Morgan fingerprint density at radius 3 is 2.36 bits per heavy atom. The molecule has 0 fully saturated rings. The summed E-state index contributed by atoms with van der Waals surface area (Å²) in [4.78, 5) is 15.6. The van der Waals surface area contributed by atoms with E-state index in [1.165, 1.54) is 5.56 Å². The number of unbranched alkanes of at least 4 members (excludes halogenated alkanes) is 1. The quantitative estimate of drug-likeness (QED) is 0.841. The third kappa shape index (κ3) is 4.41. The minimum atomic E-state index is 0.598. The van der Waals surface area contributed by atoms with Crippen LogP contribution in [0.15, 0.2) is 24.3 Å².